The first kappa shape index (κ1) is 18.2. The summed E-state index contributed by atoms with van der Waals surface area (Å²) in [5, 5.41) is 15.2. The van der Waals surface area contributed by atoms with Gasteiger partial charge < -0.3 is 15.2 Å². The number of guanidine groups is 1. The largest absolute Gasteiger partial charge is 0.434 e. The van der Waals surface area contributed by atoms with Crippen LogP contribution in [0.5, 0.6) is 0 Å². The van der Waals surface area contributed by atoms with E-state index in [2.05, 4.69) is 30.8 Å². The van der Waals surface area contributed by atoms with Gasteiger partial charge in [-0.15, -0.1) is 21.5 Å². The van der Waals surface area contributed by atoms with Gasteiger partial charge in [0.05, 0.1) is 6.54 Å². The number of aromatic nitrogens is 4. The molecule has 2 aromatic heterocycles. The van der Waals surface area contributed by atoms with Gasteiger partial charge in [0.25, 0.3) is 0 Å². The standard InChI is InChI=1S/C13H18F3N7S/c1-3-10-22-20-8-23(10)5-4-18-12(17-2)19-6-11-21-9(7-24-11)13(14,15)16/h7-8H,3-6H2,1-2H3,(H2,17,18,19). The van der Waals surface area contributed by atoms with Crippen molar-refractivity contribution in [3.05, 3.63) is 28.2 Å². The number of nitrogens with zero attached hydrogens (tertiary/aromatic N) is 5. The Morgan fingerprint density at radius 3 is 2.79 bits per heavy atom. The fourth-order valence-corrected chi connectivity index (χ4v) is 2.68. The molecule has 0 saturated carbocycles. The fraction of sp³-hybridized carbons (Fsp3) is 0.538. The van der Waals surface area contributed by atoms with E-state index in [1.807, 2.05) is 11.5 Å². The zero-order valence-electron chi connectivity index (χ0n) is 13.3. The molecule has 0 aromatic carbocycles. The average molecular weight is 361 g/mol. The van der Waals surface area contributed by atoms with E-state index in [0.29, 0.717) is 24.1 Å². The summed E-state index contributed by atoms with van der Waals surface area (Å²) in [6.45, 7) is 3.41. The van der Waals surface area contributed by atoms with Gasteiger partial charge in [-0.1, -0.05) is 6.92 Å². The van der Waals surface area contributed by atoms with Gasteiger partial charge in [0.1, 0.15) is 17.2 Å². The SMILES string of the molecule is CCc1nncn1CCNC(=NC)NCc1nc(C(F)(F)F)cs1. The van der Waals surface area contributed by atoms with Crippen LogP contribution in [0.2, 0.25) is 0 Å². The number of aryl methyl sites for hydroxylation is 1. The van der Waals surface area contributed by atoms with Gasteiger partial charge in [-0.05, 0) is 0 Å². The molecular formula is C13H18F3N7S. The van der Waals surface area contributed by atoms with Gasteiger partial charge in [-0.3, -0.25) is 4.99 Å². The molecule has 7 nitrogen and oxygen atoms in total. The topological polar surface area (TPSA) is 80.0 Å². The molecule has 11 heteroatoms. The molecule has 24 heavy (non-hydrogen) atoms. The van der Waals surface area contributed by atoms with E-state index < -0.39 is 11.9 Å². The van der Waals surface area contributed by atoms with Gasteiger partial charge in [-0.25, -0.2) is 4.98 Å². The number of nitrogens with one attached hydrogen (secondary N) is 2. The number of hydrogen-bond donors (Lipinski definition) is 2. The van der Waals surface area contributed by atoms with E-state index in [9.17, 15) is 13.2 Å². The van der Waals surface area contributed by atoms with Crippen molar-refractivity contribution in [2.24, 2.45) is 4.99 Å². The van der Waals surface area contributed by atoms with Crippen molar-refractivity contribution in [2.45, 2.75) is 32.6 Å². The highest BCUT2D eigenvalue weighted by atomic mass is 32.1. The molecule has 0 unspecified atom stereocenters. The van der Waals surface area contributed by atoms with E-state index >= 15 is 0 Å². The van der Waals surface area contributed by atoms with Crippen LogP contribution in [0.25, 0.3) is 0 Å². The van der Waals surface area contributed by atoms with E-state index in [-0.39, 0.29) is 6.54 Å². The molecule has 132 valence electrons. The van der Waals surface area contributed by atoms with Gasteiger partial charge in [0, 0.05) is 31.9 Å². The summed E-state index contributed by atoms with van der Waals surface area (Å²) in [7, 11) is 1.59. The van der Waals surface area contributed by atoms with Crippen molar-refractivity contribution >= 4 is 17.3 Å². The molecule has 2 N–H and O–H groups in total. The number of aliphatic imine (C=N–C) groups is 1. The smallest absolute Gasteiger partial charge is 0.355 e. The Balaban J connectivity index is 1.79. The van der Waals surface area contributed by atoms with E-state index in [1.165, 1.54) is 0 Å². The molecule has 0 saturated heterocycles. The minimum absolute atomic E-state index is 0.174. The van der Waals surface area contributed by atoms with Gasteiger partial charge in [0.2, 0.25) is 0 Å². The normalized spacial score (nSPS) is 12.5. The molecule has 0 spiro atoms. The van der Waals surface area contributed by atoms with E-state index in [4.69, 9.17) is 0 Å². The van der Waals surface area contributed by atoms with Gasteiger partial charge in [-0.2, -0.15) is 13.2 Å². The van der Waals surface area contributed by atoms with Crippen LogP contribution < -0.4 is 10.6 Å². The Kier molecular flexibility index (Phi) is 6.12. The molecule has 2 aromatic rings. The third-order valence-electron chi connectivity index (χ3n) is 3.13. The molecule has 2 rings (SSSR count). The first-order valence-corrected chi connectivity index (χ1v) is 8.14. The van der Waals surface area contributed by atoms with Crippen molar-refractivity contribution < 1.29 is 13.2 Å². The number of alkyl halides is 3. The molecule has 0 aliphatic heterocycles. The zero-order valence-corrected chi connectivity index (χ0v) is 14.1. The van der Waals surface area contributed by atoms with Crippen LogP contribution in [-0.2, 0) is 25.7 Å². The Morgan fingerprint density at radius 1 is 1.38 bits per heavy atom. The van der Waals surface area contributed by atoms with Crippen LogP contribution in [0.4, 0.5) is 13.2 Å². The fourth-order valence-electron chi connectivity index (χ4n) is 1.94. The summed E-state index contributed by atoms with van der Waals surface area (Å²) < 4.78 is 39.4. The molecule has 0 bridgehead atoms. The molecule has 0 fully saturated rings. The highest BCUT2D eigenvalue weighted by Crippen LogP contribution is 2.29. The van der Waals surface area contributed by atoms with E-state index in [1.54, 1.807) is 13.4 Å². The third-order valence-corrected chi connectivity index (χ3v) is 3.98. The first-order valence-electron chi connectivity index (χ1n) is 7.26. The van der Waals surface area contributed by atoms with Crippen LogP contribution >= 0.6 is 11.3 Å². The van der Waals surface area contributed by atoms with Crippen LogP contribution in [-0.4, -0.2) is 39.3 Å². The Bertz CT molecular complexity index is 677. The number of hydrogen-bond acceptors (Lipinski definition) is 5. The summed E-state index contributed by atoms with van der Waals surface area (Å²) in [4.78, 5) is 7.59. The Labute approximate surface area is 141 Å². The van der Waals surface area contributed by atoms with Crippen molar-refractivity contribution in [2.75, 3.05) is 13.6 Å². The lowest BCUT2D eigenvalue weighted by Gasteiger charge is -2.11. The lowest BCUT2D eigenvalue weighted by Crippen LogP contribution is -2.38. The maximum atomic E-state index is 12.5. The molecule has 0 aliphatic carbocycles. The summed E-state index contributed by atoms with van der Waals surface area (Å²) in [5.41, 5.74) is -0.869. The summed E-state index contributed by atoms with van der Waals surface area (Å²) in [5.74, 6) is 1.38. The van der Waals surface area contributed by atoms with Crippen molar-refractivity contribution in [3.8, 4) is 0 Å². The number of rotatable bonds is 6. The molecule has 2 heterocycles. The van der Waals surface area contributed by atoms with Crippen LogP contribution in [0.1, 0.15) is 23.4 Å². The van der Waals surface area contributed by atoms with Crippen LogP contribution in [0.3, 0.4) is 0 Å². The van der Waals surface area contributed by atoms with Crippen molar-refractivity contribution in [1.29, 1.82) is 0 Å². The van der Waals surface area contributed by atoms with Crippen LogP contribution in [0, 0.1) is 0 Å². The zero-order chi connectivity index (χ0) is 17.6. The maximum absolute atomic E-state index is 12.5. The molecule has 0 atom stereocenters. The highest BCUT2D eigenvalue weighted by molar-refractivity contribution is 7.09. The predicted octanol–water partition coefficient (Wildman–Crippen LogP) is 1.68. The summed E-state index contributed by atoms with van der Waals surface area (Å²) >= 11 is 0.959. The number of halogens is 3. The number of thiazole rings is 1. The van der Waals surface area contributed by atoms with E-state index in [0.717, 1.165) is 29.0 Å². The quantitative estimate of drug-likeness (QED) is 0.605. The average Bonchev–Trinajstić information content (AvgIpc) is 3.19. The highest BCUT2D eigenvalue weighted by Gasteiger charge is 2.33. The first-order chi connectivity index (χ1) is 11.4. The lowest BCUT2D eigenvalue weighted by atomic mass is 10.4. The van der Waals surface area contributed by atoms with Crippen LogP contribution in [0.15, 0.2) is 16.7 Å². The Morgan fingerprint density at radius 2 is 2.17 bits per heavy atom. The predicted molar refractivity (Wildman–Crippen MR) is 84.7 cm³/mol. The molecular weight excluding hydrogens is 343 g/mol. The summed E-state index contributed by atoms with van der Waals surface area (Å²) in [6, 6.07) is 0. The minimum atomic E-state index is -4.41. The molecule has 0 amide bonds. The minimum Gasteiger partial charge on any atom is -0.355 e. The van der Waals surface area contributed by atoms with Gasteiger partial charge in [0.15, 0.2) is 11.7 Å². The monoisotopic (exact) mass is 361 g/mol. The second-order valence-corrected chi connectivity index (χ2v) is 5.71. The third kappa shape index (κ3) is 4.91. The maximum Gasteiger partial charge on any atom is 0.434 e. The Hall–Kier alpha value is -2.17. The van der Waals surface area contributed by atoms with Gasteiger partial charge >= 0.3 is 6.18 Å². The lowest BCUT2D eigenvalue weighted by molar-refractivity contribution is -0.140. The second kappa shape index (κ2) is 8.08. The second-order valence-electron chi connectivity index (χ2n) is 4.77. The molecule has 0 radical (unpaired) electrons. The molecule has 0 aliphatic rings. The summed E-state index contributed by atoms with van der Waals surface area (Å²) in [6.07, 6.45) is -1.96. The van der Waals surface area contributed by atoms with Crippen molar-refractivity contribution in [3.63, 3.8) is 0 Å². The van der Waals surface area contributed by atoms with Crippen molar-refractivity contribution in [1.82, 2.24) is 30.4 Å².